The Kier molecular flexibility index (Phi) is 3.25. The number of likely N-dealkylation sites (tertiary alicyclic amines) is 1. The maximum absolute atomic E-state index is 11.8. The van der Waals surface area contributed by atoms with Gasteiger partial charge in [0.25, 0.3) is 0 Å². The molecule has 0 aliphatic carbocycles. The van der Waals surface area contributed by atoms with Crippen LogP contribution in [0.1, 0.15) is 30.7 Å². The molecule has 2 atom stereocenters. The molecule has 0 N–H and O–H groups in total. The first-order valence-corrected chi connectivity index (χ1v) is 6.36. The second kappa shape index (κ2) is 4.67. The normalized spacial score (nSPS) is 22.1. The van der Waals surface area contributed by atoms with Gasteiger partial charge in [-0.2, -0.15) is 5.26 Å². The predicted molar refractivity (Wildman–Crippen MR) is 62.8 cm³/mol. The van der Waals surface area contributed by atoms with Gasteiger partial charge >= 0.3 is 0 Å². The third kappa shape index (κ3) is 1.96. The van der Waals surface area contributed by atoms with E-state index in [2.05, 4.69) is 19.1 Å². The van der Waals surface area contributed by atoms with Crippen LogP contribution in [0.3, 0.4) is 0 Å². The van der Waals surface area contributed by atoms with E-state index in [1.807, 2.05) is 16.3 Å². The van der Waals surface area contributed by atoms with E-state index in [0.29, 0.717) is 13.0 Å². The number of carbonyl (C=O) groups excluding carboxylic acids is 1. The molecule has 1 amide bonds. The molecular formula is C12H14N2OS. The van der Waals surface area contributed by atoms with Gasteiger partial charge in [-0.1, -0.05) is 13.0 Å². The molecule has 1 aliphatic heterocycles. The predicted octanol–water partition coefficient (Wildman–Crippen LogP) is 2.57. The van der Waals surface area contributed by atoms with Crippen molar-refractivity contribution in [2.45, 2.75) is 25.8 Å². The lowest BCUT2D eigenvalue weighted by molar-refractivity contribution is -0.129. The van der Waals surface area contributed by atoms with Crippen LogP contribution >= 0.6 is 11.3 Å². The molecule has 2 unspecified atom stereocenters. The minimum Gasteiger partial charge on any atom is -0.333 e. The van der Waals surface area contributed by atoms with Gasteiger partial charge in [-0.3, -0.25) is 4.79 Å². The van der Waals surface area contributed by atoms with Crippen molar-refractivity contribution in [3.63, 3.8) is 0 Å². The van der Waals surface area contributed by atoms with Gasteiger partial charge in [0, 0.05) is 17.8 Å². The number of hydrogen-bond donors (Lipinski definition) is 0. The molecule has 1 fully saturated rings. The first-order valence-electron chi connectivity index (χ1n) is 5.48. The molecule has 0 bridgehead atoms. The van der Waals surface area contributed by atoms with E-state index in [9.17, 15) is 4.79 Å². The quantitative estimate of drug-likeness (QED) is 0.806. The second-order valence-electron chi connectivity index (χ2n) is 4.02. The van der Waals surface area contributed by atoms with Crippen molar-refractivity contribution in [1.82, 2.24) is 4.90 Å². The lowest BCUT2D eigenvalue weighted by Gasteiger charge is -2.25. The molecule has 4 heteroatoms. The summed E-state index contributed by atoms with van der Waals surface area (Å²) in [5.41, 5.74) is 0. The number of nitriles is 1. The molecule has 2 heterocycles. The molecular weight excluding hydrogens is 220 g/mol. The number of amides is 1. The minimum atomic E-state index is -0.124. The fourth-order valence-corrected chi connectivity index (χ4v) is 3.10. The van der Waals surface area contributed by atoms with E-state index >= 15 is 0 Å². The van der Waals surface area contributed by atoms with E-state index < -0.39 is 0 Å². The number of thiophene rings is 1. The van der Waals surface area contributed by atoms with E-state index in [1.165, 1.54) is 4.88 Å². The van der Waals surface area contributed by atoms with Gasteiger partial charge in [0.2, 0.25) is 5.91 Å². The minimum absolute atomic E-state index is 0.117. The number of nitrogens with zero attached hydrogens (tertiary/aromatic N) is 2. The topological polar surface area (TPSA) is 44.1 Å². The van der Waals surface area contributed by atoms with Crippen molar-refractivity contribution in [1.29, 1.82) is 5.26 Å². The van der Waals surface area contributed by atoms with Crippen LogP contribution in [0.25, 0.3) is 0 Å². The zero-order chi connectivity index (χ0) is 11.5. The van der Waals surface area contributed by atoms with Crippen molar-refractivity contribution in [3.8, 4) is 6.07 Å². The summed E-state index contributed by atoms with van der Waals surface area (Å²) in [4.78, 5) is 14.9. The van der Waals surface area contributed by atoms with Gasteiger partial charge < -0.3 is 4.90 Å². The van der Waals surface area contributed by atoms with Crippen LogP contribution in [0.5, 0.6) is 0 Å². The Morgan fingerprint density at radius 1 is 1.75 bits per heavy atom. The van der Waals surface area contributed by atoms with E-state index in [1.54, 1.807) is 11.3 Å². The monoisotopic (exact) mass is 234 g/mol. The summed E-state index contributed by atoms with van der Waals surface area (Å²) in [6.07, 6.45) is 1.29. The van der Waals surface area contributed by atoms with Crippen LogP contribution in [0.2, 0.25) is 0 Å². The molecule has 1 saturated heterocycles. The SMILES string of the molecule is CCC(c1cccs1)N1CC(C#N)CC1=O. The van der Waals surface area contributed by atoms with Crippen LogP contribution in [0.15, 0.2) is 17.5 Å². The molecule has 16 heavy (non-hydrogen) atoms. The average molecular weight is 234 g/mol. The Labute approximate surface area is 99.3 Å². The fraction of sp³-hybridized carbons (Fsp3) is 0.500. The Balaban J connectivity index is 2.17. The Bertz CT molecular complexity index is 407. The van der Waals surface area contributed by atoms with Gasteiger partial charge in [-0.05, 0) is 17.9 Å². The summed E-state index contributed by atoms with van der Waals surface area (Å²) >= 11 is 1.68. The highest BCUT2D eigenvalue weighted by atomic mass is 32.1. The standard InChI is InChI=1S/C12H14N2OS/c1-2-10(11-4-3-5-16-11)14-8-9(7-13)6-12(14)15/h3-5,9-10H,2,6,8H2,1H3. The van der Waals surface area contributed by atoms with Crippen LogP contribution in [0, 0.1) is 17.2 Å². The lowest BCUT2D eigenvalue weighted by Crippen LogP contribution is -2.29. The molecule has 2 rings (SSSR count). The van der Waals surface area contributed by atoms with Crippen molar-refractivity contribution in [2.24, 2.45) is 5.92 Å². The van der Waals surface area contributed by atoms with Crippen molar-refractivity contribution in [3.05, 3.63) is 22.4 Å². The van der Waals surface area contributed by atoms with Gasteiger partial charge in [0.05, 0.1) is 18.0 Å². The number of carbonyl (C=O) groups is 1. The Morgan fingerprint density at radius 2 is 2.56 bits per heavy atom. The van der Waals surface area contributed by atoms with E-state index in [-0.39, 0.29) is 17.9 Å². The summed E-state index contributed by atoms with van der Waals surface area (Å²) in [7, 11) is 0. The summed E-state index contributed by atoms with van der Waals surface area (Å²) in [5.74, 6) is -0.00619. The van der Waals surface area contributed by atoms with Crippen LogP contribution in [-0.2, 0) is 4.79 Å². The van der Waals surface area contributed by atoms with Gasteiger partial charge in [-0.25, -0.2) is 0 Å². The first kappa shape index (κ1) is 11.2. The molecule has 1 aliphatic rings. The zero-order valence-electron chi connectivity index (χ0n) is 9.22. The molecule has 0 aromatic carbocycles. The molecule has 0 saturated carbocycles. The summed E-state index contributed by atoms with van der Waals surface area (Å²) in [6.45, 7) is 2.67. The van der Waals surface area contributed by atoms with Gasteiger partial charge in [0.1, 0.15) is 0 Å². The molecule has 84 valence electrons. The average Bonchev–Trinajstić information content (AvgIpc) is 2.91. The summed E-state index contributed by atoms with van der Waals surface area (Å²) in [6, 6.07) is 6.41. The largest absolute Gasteiger partial charge is 0.333 e. The van der Waals surface area contributed by atoms with Gasteiger partial charge in [0.15, 0.2) is 0 Å². The lowest BCUT2D eigenvalue weighted by atomic mass is 10.1. The Hall–Kier alpha value is -1.34. The molecule has 3 nitrogen and oxygen atoms in total. The third-order valence-corrected chi connectivity index (χ3v) is 3.95. The van der Waals surface area contributed by atoms with Gasteiger partial charge in [-0.15, -0.1) is 11.3 Å². The maximum atomic E-state index is 11.8. The molecule has 1 aromatic heterocycles. The second-order valence-corrected chi connectivity index (χ2v) is 4.99. The van der Waals surface area contributed by atoms with Crippen LogP contribution in [0.4, 0.5) is 0 Å². The highest BCUT2D eigenvalue weighted by Gasteiger charge is 2.34. The summed E-state index contributed by atoms with van der Waals surface area (Å²) in [5, 5.41) is 10.9. The highest BCUT2D eigenvalue weighted by molar-refractivity contribution is 7.10. The highest BCUT2D eigenvalue weighted by Crippen LogP contribution is 2.32. The number of hydrogen-bond acceptors (Lipinski definition) is 3. The summed E-state index contributed by atoms with van der Waals surface area (Å²) < 4.78 is 0. The van der Waals surface area contributed by atoms with Crippen molar-refractivity contribution in [2.75, 3.05) is 6.54 Å². The zero-order valence-corrected chi connectivity index (χ0v) is 10.0. The molecule has 0 radical (unpaired) electrons. The Morgan fingerprint density at radius 3 is 3.06 bits per heavy atom. The molecule has 1 aromatic rings. The fourth-order valence-electron chi connectivity index (χ4n) is 2.18. The number of rotatable bonds is 3. The van der Waals surface area contributed by atoms with Crippen molar-refractivity contribution < 1.29 is 4.79 Å². The smallest absolute Gasteiger partial charge is 0.224 e. The third-order valence-electron chi connectivity index (χ3n) is 2.98. The van der Waals surface area contributed by atoms with Crippen LogP contribution < -0.4 is 0 Å². The maximum Gasteiger partial charge on any atom is 0.224 e. The first-order chi connectivity index (χ1) is 7.76. The van der Waals surface area contributed by atoms with Crippen molar-refractivity contribution >= 4 is 17.2 Å². The molecule has 0 spiro atoms. The van der Waals surface area contributed by atoms with Crippen LogP contribution in [-0.4, -0.2) is 17.4 Å². The van der Waals surface area contributed by atoms with E-state index in [0.717, 1.165) is 6.42 Å². The van der Waals surface area contributed by atoms with E-state index in [4.69, 9.17) is 5.26 Å².